The summed E-state index contributed by atoms with van der Waals surface area (Å²) in [6, 6.07) is 1.91. The first kappa shape index (κ1) is 11.3. The number of imidazole rings is 1. The van der Waals surface area contributed by atoms with E-state index >= 15 is 0 Å². The van der Waals surface area contributed by atoms with Crippen molar-refractivity contribution in [2.75, 3.05) is 0 Å². The number of rotatable bonds is 4. The van der Waals surface area contributed by atoms with Gasteiger partial charge < -0.3 is 5.32 Å². The summed E-state index contributed by atoms with van der Waals surface area (Å²) in [5.74, 6) is 0. The molecule has 3 rings (SSSR count). The quantitative estimate of drug-likeness (QED) is 0.776. The van der Waals surface area contributed by atoms with Crippen molar-refractivity contribution in [3.05, 3.63) is 47.2 Å². The van der Waals surface area contributed by atoms with E-state index in [2.05, 4.69) is 36.2 Å². The fourth-order valence-electron chi connectivity index (χ4n) is 1.89. The van der Waals surface area contributed by atoms with Crippen LogP contribution in [0.15, 0.2) is 30.2 Å². The Morgan fingerprint density at radius 2 is 2.33 bits per heavy atom. The molecule has 0 atom stereocenters. The molecule has 0 fully saturated rings. The van der Waals surface area contributed by atoms with Gasteiger partial charge in [-0.1, -0.05) is 0 Å². The first-order valence-corrected chi connectivity index (χ1v) is 6.59. The number of thiazole rings is 1. The highest BCUT2D eigenvalue weighted by Gasteiger charge is 2.08. The maximum Gasteiger partial charge on any atom is 0.194 e. The van der Waals surface area contributed by atoms with Crippen LogP contribution in [0.3, 0.4) is 0 Å². The lowest BCUT2D eigenvalue weighted by molar-refractivity contribution is 0.659. The summed E-state index contributed by atoms with van der Waals surface area (Å²) in [5.41, 5.74) is 3.28. The van der Waals surface area contributed by atoms with Crippen LogP contribution in [0.4, 0.5) is 0 Å². The molecular formula is C12H13N5S. The van der Waals surface area contributed by atoms with Gasteiger partial charge in [-0.25, -0.2) is 15.0 Å². The molecule has 0 aromatic carbocycles. The molecule has 1 N–H and O–H groups in total. The second-order valence-electron chi connectivity index (χ2n) is 4.00. The van der Waals surface area contributed by atoms with Crippen LogP contribution in [0.25, 0.3) is 4.96 Å². The van der Waals surface area contributed by atoms with Crippen molar-refractivity contribution in [3.63, 3.8) is 0 Å². The molecule has 0 amide bonds. The zero-order chi connectivity index (χ0) is 12.4. The molecule has 0 aliphatic heterocycles. The van der Waals surface area contributed by atoms with Crippen molar-refractivity contribution in [1.29, 1.82) is 0 Å². The molecule has 0 aliphatic carbocycles. The topological polar surface area (TPSA) is 55.1 Å². The van der Waals surface area contributed by atoms with E-state index in [-0.39, 0.29) is 0 Å². The van der Waals surface area contributed by atoms with Crippen molar-refractivity contribution in [3.8, 4) is 0 Å². The summed E-state index contributed by atoms with van der Waals surface area (Å²) in [6.07, 6.45) is 5.38. The molecule has 0 radical (unpaired) electrons. The minimum atomic E-state index is 0.735. The molecule has 5 nitrogen and oxygen atoms in total. The number of hydrogen-bond acceptors (Lipinski definition) is 5. The van der Waals surface area contributed by atoms with Crippen molar-refractivity contribution >= 4 is 16.3 Å². The minimum absolute atomic E-state index is 0.735. The molecule has 0 saturated carbocycles. The molecule has 3 aromatic heterocycles. The van der Waals surface area contributed by atoms with E-state index in [0.717, 1.165) is 29.4 Å². The van der Waals surface area contributed by atoms with E-state index in [0.29, 0.717) is 0 Å². The Kier molecular flexibility index (Phi) is 3.04. The standard InChI is InChI=1S/C12H13N5S/c1-9-11(17-4-5-18-12(17)16-9)7-14-6-10-2-3-13-8-15-10/h2-5,8,14H,6-7H2,1H3. The van der Waals surface area contributed by atoms with Gasteiger partial charge in [0.15, 0.2) is 4.96 Å². The molecule has 0 unspecified atom stereocenters. The summed E-state index contributed by atoms with van der Waals surface area (Å²) in [7, 11) is 0. The van der Waals surface area contributed by atoms with Gasteiger partial charge in [-0.15, -0.1) is 11.3 Å². The van der Waals surface area contributed by atoms with Gasteiger partial charge in [0.2, 0.25) is 0 Å². The maximum atomic E-state index is 4.51. The van der Waals surface area contributed by atoms with Gasteiger partial charge in [-0.2, -0.15) is 0 Å². The average molecular weight is 259 g/mol. The lowest BCUT2D eigenvalue weighted by Crippen LogP contribution is -2.15. The van der Waals surface area contributed by atoms with Gasteiger partial charge in [0.05, 0.1) is 17.1 Å². The molecule has 0 saturated heterocycles. The molecule has 0 aliphatic rings. The number of hydrogen-bond donors (Lipinski definition) is 1. The lowest BCUT2D eigenvalue weighted by atomic mass is 10.3. The summed E-state index contributed by atoms with van der Waals surface area (Å²) in [4.78, 5) is 13.6. The zero-order valence-electron chi connectivity index (χ0n) is 10.00. The molecule has 6 heteroatoms. The van der Waals surface area contributed by atoms with Crippen molar-refractivity contribution in [2.45, 2.75) is 20.0 Å². The van der Waals surface area contributed by atoms with Crippen LogP contribution in [-0.2, 0) is 13.1 Å². The third-order valence-corrected chi connectivity index (χ3v) is 3.56. The van der Waals surface area contributed by atoms with E-state index in [1.165, 1.54) is 5.69 Å². The smallest absolute Gasteiger partial charge is 0.194 e. The molecule has 3 heterocycles. The molecular weight excluding hydrogens is 246 g/mol. The Hall–Kier alpha value is -1.79. The minimum Gasteiger partial charge on any atom is -0.305 e. The fraction of sp³-hybridized carbons (Fsp3) is 0.250. The summed E-state index contributed by atoms with van der Waals surface area (Å²) in [5, 5.41) is 5.43. The molecule has 3 aromatic rings. The zero-order valence-corrected chi connectivity index (χ0v) is 10.8. The van der Waals surface area contributed by atoms with Crippen LogP contribution >= 0.6 is 11.3 Å². The fourth-order valence-corrected chi connectivity index (χ4v) is 2.66. The number of nitrogens with one attached hydrogen (secondary N) is 1. The second-order valence-corrected chi connectivity index (χ2v) is 4.88. The highest BCUT2D eigenvalue weighted by Crippen LogP contribution is 2.16. The van der Waals surface area contributed by atoms with Crippen LogP contribution in [0, 0.1) is 6.92 Å². The number of nitrogens with zero attached hydrogens (tertiary/aromatic N) is 4. The van der Waals surface area contributed by atoms with Gasteiger partial charge in [0.25, 0.3) is 0 Å². The van der Waals surface area contributed by atoms with Gasteiger partial charge >= 0.3 is 0 Å². The number of aryl methyl sites for hydroxylation is 1. The van der Waals surface area contributed by atoms with E-state index in [9.17, 15) is 0 Å². The van der Waals surface area contributed by atoms with E-state index in [1.54, 1.807) is 23.9 Å². The van der Waals surface area contributed by atoms with Crippen molar-refractivity contribution in [2.24, 2.45) is 0 Å². The summed E-state index contributed by atoms with van der Waals surface area (Å²) >= 11 is 1.66. The second kappa shape index (κ2) is 4.83. The molecule has 0 bridgehead atoms. The van der Waals surface area contributed by atoms with E-state index < -0.39 is 0 Å². The van der Waals surface area contributed by atoms with Crippen LogP contribution in [0.5, 0.6) is 0 Å². The summed E-state index contributed by atoms with van der Waals surface area (Å²) < 4.78 is 2.13. The lowest BCUT2D eigenvalue weighted by Gasteiger charge is -2.04. The highest BCUT2D eigenvalue weighted by atomic mass is 32.1. The van der Waals surface area contributed by atoms with Crippen LogP contribution in [0.2, 0.25) is 0 Å². The molecule has 92 valence electrons. The Morgan fingerprint density at radius 1 is 1.39 bits per heavy atom. The van der Waals surface area contributed by atoms with Gasteiger partial charge in [-0.3, -0.25) is 4.40 Å². The maximum absolute atomic E-state index is 4.51. The first-order valence-electron chi connectivity index (χ1n) is 5.71. The monoisotopic (exact) mass is 259 g/mol. The van der Waals surface area contributed by atoms with E-state index in [4.69, 9.17) is 0 Å². The Bertz CT molecular complexity index is 643. The van der Waals surface area contributed by atoms with Crippen LogP contribution < -0.4 is 5.32 Å². The third kappa shape index (κ3) is 2.12. The molecule has 0 spiro atoms. The predicted octanol–water partition coefficient (Wildman–Crippen LogP) is 1.78. The largest absolute Gasteiger partial charge is 0.305 e. The van der Waals surface area contributed by atoms with Gasteiger partial charge in [-0.05, 0) is 13.0 Å². The Balaban J connectivity index is 1.70. The van der Waals surface area contributed by atoms with Crippen molar-refractivity contribution < 1.29 is 0 Å². The predicted molar refractivity (Wildman–Crippen MR) is 70.4 cm³/mol. The number of fused-ring (bicyclic) bond motifs is 1. The van der Waals surface area contributed by atoms with Gasteiger partial charge in [0, 0.05) is 30.9 Å². The number of aromatic nitrogens is 4. The third-order valence-electron chi connectivity index (χ3n) is 2.80. The van der Waals surface area contributed by atoms with Gasteiger partial charge in [0.1, 0.15) is 6.33 Å². The Morgan fingerprint density at radius 3 is 3.17 bits per heavy atom. The first-order chi connectivity index (χ1) is 8.84. The average Bonchev–Trinajstić information content (AvgIpc) is 2.93. The SMILES string of the molecule is Cc1nc2sccn2c1CNCc1ccncn1. The summed E-state index contributed by atoms with van der Waals surface area (Å²) in [6.45, 7) is 3.56. The van der Waals surface area contributed by atoms with Crippen LogP contribution in [0.1, 0.15) is 17.1 Å². The van der Waals surface area contributed by atoms with Crippen LogP contribution in [-0.4, -0.2) is 19.4 Å². The molecule has 18 heavy (non-hydrogen) atoms. The Labute approximate surface area is 109 Å². The normalized spacial score (nSPS) is 11.2. The van der Waals surface area contributed by atoms with E-state index in [1.807, 2.05) is 13.0 Å². The van der Waals surface area contributed by atoms with Crippen molar-refractivity contribution in [1.82, 2.24) is 24.7 Å². The highest BCUT2D eigenvalue weighted by molar-refractivity contribution is 7.15.